The number of methoxy groups -OCH3 is 1. The van der Waals surface area contributed by atoms with E-state index in [4.69, 9.17) is 9.47 Å². The van der Waals surface area contributed by atoms with Crippen molar-refractivity contribution in [3.05, 3.63) is 77.6 Å². The minimum Gasteiger partial charge on any atom is -0.493 e. The van der Waals surface area contributed by atoms with Crippen LogP contribution in [-0.2, 0) is 11.2 Å². The number of carbonyl (C=O) groups is 1. The van der Waals surface area contributed by atoms with E-state index in [1.807, 2.05) is 75.8 Å². The Balaban J connectivity index is 0.000000251. The van der Waals surface area contributed by atoms with Crippen molar-refractivity contribution in [2.24, 2.45) is 0 Å². The van der Waals surface area contributed by atoms with Crippen molar-refractivity contribution in [2.45, 2.75) is 86.6 Å². The maximum Gasteiger partial charge on any atom is 0.258 e. The molecule has 0 aliphatic rings. The highest BCUT2D eigenvalue weighted by molar-refractivity contribution is 5.84. The Hall–Kier alpha value is -4.33. The van der Waals surface area contributed by atoms with E-state index in [1.165, 1.54) is 35.8 Å². The molecule has 1 amide bonds. The molecule has 5 rings (SSSR count). The van der Waals surface area contributed by atoms with Crippen LogP contribution in [0.4, 0.5) is 0 Å². The average molecular weight is 600 g/mol. The maximum atomic E-state index is 11.8. The zero-order chi connectivity index (χ0) is 32.2. The zero-order valence-electron chi connectivity index (χ0n) is 27.8. The molecule has 0 saturated carbocycles. The highest BCUT2D eigenvalue weighted by Crippen LogP contribution is 2.32. The van der Waals surface area contributed by atoms with E-state index in [2.05, 4.69) is 59.6 Å². The first-order chi connectivity index (χ1) is 21.3. The number of H-pyrrole nitrogens is 1. The standard InChI is InChI=1S/C20H23N3O3.C14H20N2.C2H6/c1-13(2)21-20(24)12-26-18-10-9-15(11-19(18)25-4)23-17-8-6-5-7-16(17)14(3)22-23;1-4-6-11-7-8-13-12(9-15-16-13)14(11)10(3)5-2;1-2/h5-11,13H,12H2,1-4H3,(H,21,24);7-10H,4-6H2,1-3H3,(H,15,16);1-2H3. The monoisotopic (exact) mass is 599 g/mol. The molecule has 2 heterocycles. The molecule has 1 atom stereocenters. The van der Waals surface area contributed by atoms with Crippen LogP contribution in [0.25, 0.3) is 27.5 Å². The van der Waals surface area contributed by atoms with E-state index in [-0.39, 0.29) is 18.6 Å². The number of nitrogens with one attached hydrogen (secondary N) is 2. The van der Waals surface area contributed by atoms with E-state index in [0.717, 1.165) is 27.8 Å². The van der Waals surface area contributed by atoms with Gasteiger partial charge in [0, 0.05) is 22.9 Å². The summed E-state index contributed by atoms with van der Waals surface area (Å²) in [5.74, 6) is 1.52. The van der Waals surface area contributed by atoms with Gasteiger partial charge in [-0.25, -0.2) is 4.68 Å². The molecule has 0 bridgehead atoms. The Morgan fingerprint density at radius 3 is 2.43 bits per heavy atom. The van der Waals surface area contributed by atoms with Gasteiger partial charge in [-0.2, -0.15) is 10.2 Å². The van der Waals surface area contributed by atoms with Crippen LogP contribution < -0.4 is 14.8 Å². The van der Waals surface area contributed by atoms with Crippen molar-refractivity contribution in [3.63, 3.8) is 0 Å². The van der Waals surface area contributed by atoms with Crippen LogP contribution in [0.5, 0.6) is 11.5 Å². The highest BCUT2D eigenvalue weighted by atomic mass is 16.5. The number of benzene rings is 3. The van der Waals surface area contributed by atoms with E-state index in [9.17, 15) is 4.79 Å². The van der Waals surface area contributed by atoms with Gasteiger partial charge in [-0.15, -0.1) is 0 Å². The summed E-state index contributed by atoms with van der Waals surface area (Å²) < 4.78 is 12.9. The summed E-state index contributed by atoms with van der Waals surface area (Å²) in [4.78, 5) is 11.8. The molecule has 8 nitrogen and oxygen atoms in total. The van der Waals surface area contributed by atoms with Gasteiger partial charge in [0.1, 0.15) is 0 Å². The zero-order valence-corrected chi connectivity index (χ0v) is 27.8. The van der Waals surface area contributed by atoms with Crippen LogP contribution in [0, 0.1) is 6.92 Å². The number of hydrogen-bond acceptors (Lipinski definition) is 5. The lowest BCUT2D eigenvalue weighted by Crippen LogP contribution is -2.34. The number of para-hydroxylation sites is 1. The van der Waals surface area contributed by atoms with Gasteiger partial charge >= 0.3 is 0 Å². The largest absolute Gasteiger partial charge is 0.493 e. The van der Waals surface area contributed by atoms with Crippen LogP contribution in [0.1, 0.15) is 84.0 Å². The summed E-state index contributed by atoms with van der Waals surface area (Å²) >= 11 is 0. The quantitative estimate of drug-likeness (QED) is 0.168. The molecule has 1 unspecified atom stereocenters. The Bertz CT molecular complexity index is 1640. The van der Waals surface area contributed by atoms with Crippen LogP contribution in [-0.4, -0.2) is 45.6 Å². The second-order valence-corrected chi connectivity index (χ2v) is 10.9. The second-order valence-electron chi connectivity index (χ2n) is 10.9. The number of aromatic amines is 1. The van der Waals surface area contributed by atoms with Gasteiger partial charge < -0.3 is 14.8 Å². The molecule has 0 saturated heterocycles. The summed E-state index contributed by atoms with van der Waals surface area (Å²) in [6.07, 6.45) is 5.52. The number of rotatable bonds is 10. The van der Waals surface area contributed by atoms with E-state index in [0.29, 0.717) is 17.4 Å². The molecule has 3 aromatic carbocycles. The summed E-state index contributed by atoms with van der Waals surface area (Å²) in [5.41, 5.74) is 7.00. The fraction of sp³-hybridized carbons (Fsp3) is 0.417. The van der Waals surface area contributed by atoms with Crippen molar-refractivity contribution in [3.8, 4) is 17.2 Å². The van der Waals surface area contributed by atoms with Gasteiger partial charge in [-0.3, -0.25) is 9.89 Å². The van der Waals surface area contributed by atoms with Crippen LogP contribution >= 0.6 is 0 Å². The average Bonchev–Trinajstić information content (AvgIpc) is 3.65. The molecule has 236 valence electrons. The molecule has 0 aliphatic heterocycles. The lowest BCUT2D eigenvalue weighted by molar-refractivity contribution is -0.123. The minimum atomic E-state index is -0.167. The third-order valence-corrected chi connectivity index (χ3v) is 7.35. The SMILES string of the molecule is CC.CCCc1ccc2[nH]ncc2c1C(C)CC.COc1cc(-n2nc(C)c3ccccc32)ccc1OCC(=O)NC(C)C. The number of hydrogen-bond donors (Lipinski definition) is 2. The van der Waals surface area contributed by atoms with Gasteiger partial charge in [0.15, 0.2) is 18.1 Å². The third kappa shape index (κ3) is 8.18. The van der Waals surface area contributed by atoms with Crippen molar-refractivity contribution in [1.29, 1.82) is 0 Å². The third-order valence-electron chi connectivity index (χ3n) is 7.35. The molecule has 0 radical (unpaired) electrons. The topological polar surface area (TPSA) is 94.1 Å². The molecule has 8 heteroatoms. The minimum absolute atomic E-state index is 0.0578. The molecule has 0 aliphatic carbocycles. The van der Waals surface area contributed by atoms with E-state index >= 15 is 0 Å². The van der Waals surface area contributed by atoms with Gasteiger partial charge in [0.2, 0.25) is 0 Å². The molecule has 2 aromatic heterocycles. The van der Waals surface area contributed by atoms with Crippen LogP contribution in [0.15, 0.2) is 60.8 Å². The Morgan fingerprint density at radius 2 is 1.75 bits per heavy atom. The fourth-order valence-electron chi connectivity index (χ4n) is 5.19. The number of carbonyl (C=O) groups excluding carboxylic acids is 1. The number of ether oxygens (including phenoxy) is 2. The Morgan fingerprint density at radius 1 is 1.00 bits per heavy atom. The predicted octanol–water partition coefficient (Wildman–Crippen LogP) is 8.30. The molecular weight excluding hydrogens is 550 g/mol. The number of aryl methyl sites for hydroxylation is 2. The lowest BCUT2D eigenvalue weighted by atomic mass is 9.89. The van der Waals surface area contributed by atoms with Crippen molar-refractivity contribution < 1.29 is 14.3 Å². The highest BCUT2D eigenvalue weighted by Gasteiger charge is 2.15. The normalized spacial score (nSPS) is 11.4. The summed E-state index contributed by atoms with van der Waals surface area (Å²) in [6.45, 7) is 16.5. The predicted molar refractivity (Wildman–Crippen MR) is 181 cm³/mol. The second kappa shape index (κ2) is 16.5. The van der Waals surface area contributed by atoms with Crippen molar-refractivity contribution >= 4 is 27.7 Å². The van der Waals surface area contributed by atoms with E-state index in [1.54, 1.807) is 13.2 Å². The Labute approximate surface area is 262 Å². The molecule has 2 N–H and O–H groups in total. The number of amides is 1. The van der Waals surface area contributed by atoms with Gasteiger partial charge in [0.05, 0.1) is 35.7 Å². The van der Waals surface area contributed by atoms with Gasteiger partial charge in [-0.05, 0) is 74.9 Å². The fourth-order valence-corrected chi connectivity index (χ4v) is 5.19. The summed E-state index contributed by atoms with van der Waals surface area (Å²) in [7, 11) is 1.58. The molecular formula is C36H49N5O3. The number of fused-ring (bicyclic) bond motifs is 2. The summed E-state index contributed by atoms with van der Waals surface area (Å²) in [6, 6.07) is 18.1. The number of nitrogens with zero attached hydrogens (tertiary/aromatic N) is 3. The van der Waals surface area contributed by atoms with Crippen LogP contribution in [0.2, 0.25) is 0 Å². The van der Waals surface area contributed by atoms with Crippen molar-refractivity contribution in [2.75, 3.05) is 13.7 Å². The molecule has 0 spiro atoms. The first-order valence-corrected chi connectivity index (χ1v) is 15.8. The first-order valence-electron chi connectivity index (χ1n) is 15.8. The molecule has 44 heavy (non-hydrogen) atoms. The van der Waals surface area contributed by atoms with Gasteiger partial charge in [0.25, 0.3) is 5.91 Å². The number of aromatic nitrogens is 4. The van der Waals surface area contributed by atoms with Gasteiger partial charge in [-0.1, -0.05) is 65.3 Å². The summed E-state index contributed by atoms with van der Waals surface area (Å²) in [5, 5.41) is 17.0. The Kier molecular flexibility index (Phi) is 12.8. The maximum absolute atomic E-state index is 11.8. The van der Waals surface area contributed by atoms with E-state index < -0.39 is 0 Å². The lowest BCUT2D eigenvalue weighted by Gasteiger charge is -2.15. The molecule has 5 aromatic rings. The molecule has 0 fully saturated rings. The van der Waals surface area contributed by atoms with Crippen LogP contribution in [0.3, 0.4) is 0 Å². The van der Waals surface area contributed by atoms with Crippen molar-refractivity contribution in [1.82, 2.24) is 25.3 Å². The smallest absolute Gasteiger partial charge is 0.258 e. The first kappa shape index (κ1) is 34.2.